The Kier molecular flexibility index (Phi) is 6.43. The van der Waals surface area contributed by atoms with Crippen molar-refractivity contribution >= 4 is 52.9 Å². The highest BCUT2D eigenvalue weighted by molar-refractivity contribution is 7.98. The van der Waals surface area contributed by atoms with Crippen molar-refractivity contribution < 1.29 is 14.4 Å². The van der Waals surface area contributed by atoms with Gasteiger partial charge in [0.2, 0.25) is 0 Å². The number of piperidine rings is 1. The first-order chi connectivity index (χ1) is 15.0. The van der Waals surface area contributed by atoms with E-state index in [1.165, 1.54) is 4.90 Å². The minimum atomic E-state index is -0.552. The van der Waals surface area contributed by atoms with Crippen LogP contribution in [0.4, 0.5) is 21.0 Å². The van der Waals surface area contributed by atoms with Gasteiger partial charge in [0.15, 0.2) is 0 Å². The number of fused-ring (bicyclic) bond motifs is 1. The maximum absolute atomic E-state index is 13.1. The largest absolute Gasteiger partial charge is 0.335 e. The van der Waals surface area contributed by atoms with Crippen LogP contribution in [-0.4, -0.2) is 54.0 Å². The third kappa shape index (κ3) is 4.52. The number of hydrogen-bond acceptors (Lipinski definition) is 5. The maximum Gasteiger partial charge on any atom is 0.332 e. The second-order valence-electron chi connectivity index (χ2n) is 7.42. The van der Waals surface area contributed by atoms with Crippen molar-refractivity contribution in [1.82, 2.24) is 10.2 Å². The standard InChI is InChI=1S/C22H24N4O3S2/c1-30-17-7-3-5-14(11-17)23-21(28)24-15-9-10-25-19(12-15)20(27)26(22(25)29)16-6-4-8-18(13-16)31-2/h3-8,11,13,15,19H,9-10,12H2,1-2H3,(H2,23,24,28)/t15-,19-/m0/s1. The topological polar surface area (TPSA) is 81.8 Å². The fraction of sp³-hybridized carbons (Fsp3) is 0.318. The van der Waals surface area contributed by atoms with Crippen molar-refractivity contribution in [2.24, 2.45) is 0 Å². The van der Waals surface area contributed by atoms with Gasteiger partial charge in [0.05, 0.1) is 5.69 Å². The maximum atomic E-state index is 13.1. The Morgan fingerprint density at radius 3 is 2.48 bits per heavy atom. The Bertz CT molecular complexity index is 1020. The average molecular weight is 457 g/mol. The van der Waals surface area contributed by atoms with Gasteiger partial charge in [-0.3, -0.25) is 4.79 Å². The van der Waals surface area contributed by atoms with Crippen LogP contribution in [-0.2, 0) is 4.79 Å². The number of anilines is 2. The number of urea groups is 2. The molecule has 0 aliphatic carbocycles. The molecule has 5 amide bonds. The summed E-state index contributed by atoms with van der Waals surface area (Å²) in [6.45, 7) is 0.431. The van der Waals surface area contributed by atoms with Gasteiger partial charge in [-0.15, -0.1) is 23.5 Å². The number of benzene rings is 2. The van der Waals surface area contributed by atoms with Crippen LogP contribution in [0, 0.1) is 0 Å². The average Bonchev–Trinajstić information content (AvgIpc) is 3.03. The molecule has 9 heteroatoms. The molecule has 0 spiro atoms. The number of hydrogen-bond donors (Lipinski definition) is 2. The molecule has 0 saturated carbocycles. The fourth-order valence-corrected chi connectivity index (χ4v) is 4.88. The minimum absolute atomic E-state index is 0.181. The van der Waals surface area contributed by atoms with Gasteiger partial charge in [-0.2, -0.15) is 0 Å². The zero-order valence-corrected chi connectivity index (χ0v) is 19.0. The lowest BCUT2D eigenvalue weighted by molar-refractivity contribution is -0.120. The number of amides is 5. The first-order valence-corrected chi connectivity index (χ1v) is 12.5. The molecule has 2 atom stereocenters. The van der Waals surface area contributed by atoms with Gasteiger partial charge in [0.25, 0.3) is 5.91 Å². The van der Waals surface area contributed by atoms with Crippen LogP contribution in [0.5, 0.6) is 0 Å². The second kappa shape index (κ2) is 9.23. The van der Waals surface area contributed by atoms with Gasteiger partial charge in [-0.25, -0.2) is 14.5 Å². The lowest BCUT2D eigenvalue weighted by Gasteiger charge is -2.32. The Morgan fingerprint density at radius 2 is 1.74 bits per heavy atom. The molecule has 162 valence electrons. The molecule has 0 unspecified atom stereocenters. The number of thioether (sulfide) groups is 2. The van der Waals surface area contributed by atoms with Crippen molar-refractivity contribution in [3.63, 3.8) is 0 Å². The van der Waals surface area contributed by atoms with Crippen LogP contribution in [0.3, 0.4) is 0 Å². The third-order valence-electron chi connectivity index (χ3n) is 5.52. The Morgan fingerprint density at radius 1 is 1.03 bits per heavy atom. The summed E-state index contributed by atoms with van der Waals surface area (Å²) in [5.41, 5.74) is 1.31. The molecule has 2 heterocycles. The molecule has 2 aliphatic heterocycles. The van der Waals surface area contributed by atoms with Crippen LogP contribution in [0.25, 0.3) is 0 Å². The Balaban J connectivity index is 1.41. The monoisotopic (exact) mass is 456 g/mol. The van der Waals surface area contributed by atoms with Crippen molar-refractivity contribution in [2.45, 2.75) is 34.7 Å². The predicted octanol–water partition coefficient (Wildman–Crippen LogP) is 4.25. The minimum Gasteiger partial charge on any atom is -0.335 e. The molecule has 0 aromatic heterocycles. The smallest absolute Gasteiger partial charge is 0.332 e. The van der Waals surface area contributed by atoms with Crippen molar-refractivity contribution in [3.8, 4) is 0 Å². The molecule has 2 saturated heterocycles. The van der Waals surface area contributed by atoms with Crippen molar-refractivity contribution in [1.29, 1.82) is 0 Å². The van der Waals surface area contributed by atoms with E-state index in [0.717, 1.165) is 9.79 Å². The molecule has 2 fully saturated rings. The van der Waals surface area contributed by atoms with Crippen molar-refractivity contribution in [3.05, 3.63) is 48.5 Å². The Hall–Kier alpha value is -2.65. The van der Waals surface area contributed by atoms with Gasteiger partial charge < -0.3 is 15.5 Å². The zero-order chi connectivity index (χ0) is 22.0. The van der Waals surface area contributed by atoms with E-state index in [1.807, 2.05) is 55.0 Å². The molecule has 7 nitrogen and oxygen atoms in total. The first-order valence-electron chi connectivity index (χ1n) is 10.0. The molecular formula is C22H24N4O3S2. The van der Waals surface area contributed by atoms with E-state index < -0.39 is 6.04 Å². The summed E-state index contributed by atoms with van der Waals surface area (Å²) in [4.78, 5) is 43.4. The molecule has 2 N–H and O–H groups in total. The highest BCUT2D eigenvalue weighted by atomic mass is 32.2. The van der Waals surface area contributed by atoms with E-state index in [-0.39, 0.29) is 24.0 Å². The van der Waals surface area contributed by atoms with Crippen molar-refractivity contribution in [2.75, 3.05) is 29.3 Å². The van der Waals surface area contributed by atoms with Gasteiger partial charge in [-0.05, 0) is 61.8 Å². The highest BCUT2D eigenvalue weighted by Crippen LogP contribution is 2.32. The van der Waals surface area contributed by atoms with Gasteiger partial charge in [-0.1, -0.05) is 12.1 Å². The number of rotatable bonds is 5. The van der Waals surface area contributed by atoms with Crippen LogP contribution < -0.4 is 15.5 Å². The normalized spacial score (nSPS) is 20.6. The van der Waals surface area contributed by atoms with Crippen LogP contribution in [0.1, 0.15) is 12.8 Å². The molecule has 0 radical (unpaired) electrons. The number of imide groups is 1. The number of nitrogens with one attached hydrogen (secondary N) is 2. The Labute approximate surface area is 189 Å². The summed E-state index contributed by atoms with van der Waals surface area (Å²) in [6.07, 6.45) is 4.94. The van der Waals surface area contributed by atoms with Gasteiger partial charge in [0.1, 0.15) is 6.04 Å². The first kappa shape index (κ1) is 21.6. The van der Waals surface area contributed by atoms with Gasteiger partial charge in [0, 0.05) is 28.1 Å². The predicted molar refractivity (Wildman–Crippen MR) is 125 cm³/mol. The van der Waals surface area contributed by atoms with E-state index in [1.54, 1.807) is 34.5 Å². The quantitative estimate of drug-likeness (QED) is 0.519. The molecule has 2 aromatic carbocycles. The summed E-state index contributed by atoms with van der Waals surface area (Å²) in [6, 6.07) is 13.7. The lowest BCUT2D eigenvalue weighted by atomic mass is 9.98. The van der Waals surface area contributed by atoms with Gasteiger partial charge >= 0.3 is 12.1 Å². The lowest BCUT2D eigenvalue weighted by Crippen LogP contribution is -2.50. The molecule has 31 heavy (non-hydrogen) atoms. The van der Waals surface area contributed by atoms with E-state index in [2.05, 4.69) is 10.6 Å². The summed E-state index contributed by atoms with van der Waals surface area (Å²) >= 11 is 3.17. The van der Waals surface area contributed by atoms with E-state index in [4.69, 9.17) is 0 Å². The summed E-state index contributed by atoms with van der Waals surface area (Å²) in [7, 11) is 0. The number of nitrogens with zero attached hydrogens (tertiary/aromatic N) is 2. The molecule has 0 bridgehead atoms. The molecule has 2 aromatic rings. The molecule has 4 rings (SSSR count). The zero-order valence-electron chi connectivity index (χ0n) is 17.3. The summed E-state index contributed by atoms with van der Waals surface area (Å²) in [5, 5.41) is 5.81. The fourth-order valence-electron chi connectivity index (χ4n) is 3.97. The van der Waals surface area contributed by atoms with Crippen LogP contribution in [0.15, 0.2) is 58.3 Å². The van der Waals surface area contributed by atoms with E-state index >= 15 is 0 Å². The summed E-state index contributed by atoms with van der Waals surface area (Å²) in [5.74, 6) is -0.233. The second-order valence-corrected chi connectivity index (χ2v) is 9.18. The molecular weight excluding hydrogens is 432 g/mol. The highest BCUT2D eigenvalue weighted by Gasteiger charge is 2.48. The SMILES string of the molecule is CSc1cccc(NC(=O)N[C@H]2CCN3C(=O)N(c4cccc(SC)c4)C(=O)[C@@H]3C2)c1. The van der Waals surface area contributed by atoms with Crippen LogP contribution >= 0.6 is 23.5 Å². The summed E-state index contributed by atoms with van der Waals surface area (Å²) < 4.78 is 0. The molecule has 2 aliphatic rings. The van der Waals surface area contributed by atoms with E-state index in [9.17, 15) is 14.4 Å². The van der Waals surface area contributed by atoms with Crippen LogP contribution in [0.2, 0.25) is 0 Å². The van der Waals surface area contributed by atoms with E-state index in [0.29, 0.717) is 30.8 Å². The third-order valence-corrected chi connectivity index (χ3v) is 6.97. The number of carbonyl (C=O) groups excluding carboxylic acids is 3. The number of carbonyl (C=O) groups is 3.